The molecule has 6 heteroatoms. The van der Waals surface area contributed by atoms with E-state index in [1.54, 1.807) is 11.3 Å². The summed E-state index contributed by atoms with van der Waals surface area (Å²) in [5.41, 5.74) is 0. The maximum Gasteiger partial charge on any atom is 0.183 e. The Hall–Kier alpha value is -0.640. The van der Waals surface area contributed by atoms with E-state index >= 15 is 0 Å². The van der Waals surface area contributed by atoms with Crippen molar-refractivity contribution in [3.63, 3.8) is 0 Å². The summed E-state index contributed by atoms with van der Waals surface area (Å²) in [6.45, 7) is 2.55. The fourth-order valence-corrected chi connectivity index (χ4v) is 3.05. The Balaban J connectivity index is 1.79. The third kappa shape index (κ3) is 3.17. The van der Waals surface area contributed by atoms with Crippen LogP contribution >= 0.6 is 27.3 Å². The molecule has 1 aliphatic heterocycles. The number of hydrogen-bond donors (Lipinski definition) is 1. The van der Waals surface area contributed by atoms with Gasteiger partial charge in [-0.05, 0) is 28.8 Å². The zero-order chi connectivity index (χ0) is 11.4. The molecule has 1 fully saturated rings. The first-order chi connectivity index (χ1) is 7.78. The van der Waals surface area contributed by atoms with E-state index in [0.717, 1.165) is 35.7 Å². The van der Waals surface area contributed by atoms with E-state index in [1.807, 2.05) is 5.38 Å². The first-order valence-corrected chi connectivity index (χ1v) is 6.92. The fourth-order valence-electron chi connectivity index (χ4n) is 1.83. The molecule has 1 aromatic heterocycles. The Kier molecular flexibility index (Phi) is 4.16. The van der Waals surface area contributed by atoms with Gasteiger partial charge >= 0.3 is 0 Å². The number of anilines is 1. The van der Waals surface area contributed by atoms with E-state index in [0.29, 0.717) is 12.6 Å². The smallest absolute Gasteiger partial charge is 0.183 e. The van der Waals surface area contributed by atoms with Crippen molar-refractivity contribution in [2.45, 2.75) is 18.9 Å². The van der Waals surface area contributed by atoms with Crippen LogP contribution in [0.25, 0.3) is 0 Å². The lowest BCUT2D eigenvalue weighted by Crippen LogP contribution is -2.39. The van der Waals surface area contributed by atoms with Crippen molar-refractivity contribution in [3.8, 4) is 6.07 Å². The molecule has 0 atom stereocenters. The number of nitrogens with one attached hydrogen (secondary N) is 1. The highest BCUT2D eigenvalue weighted by Gasteiger charge is 2.19. The minimum atomic E-state index is 0.494. The normalized spacial score (nSPS) is 18.2. The van der Waals surface area contributed by atoms with Gasteiger partial charge in [-0.25, -0.2) is 4.98 Å². The van der Waals surface area contributed by atoms with Gasteiger partial charge in [-0.1, -0.05) is 0 Å². The summed E-state index contributed by atoms with van der Waals surface area (Å²) in [4.78, 5) is 6.51. The van der Waals surface area contributed by atoms with Crippen molar-refractivity contribution in [3.05, 3.63) is 9.98 Å². The van der Waals surface area contributed by atoms with E-state index in [4.69, 9.17) is 5.26 Å². The van der Waals surface area contributed by atoms with Gasteiger partial charge in [-0.2, -0.15) is 5.26 Å². The molecule has 0 aromatic carbocycles. The number of halogens is 1. The fraction of sp³-hybridized carbons (Fsp3) is 0.600. The number of aromatic nitrogens is 1. The molecule has 86 valence electrons. The number of thiazole rings is 1. The highest BCUT2D eigenvalue weighted by atomic mass is 79.9. The van der Waals surface area contributed by atoms with Crippen molar-refractivity contribution in [1.82, 2.24) is 9.88 Å². The summed E-state index contributed by atoms with van der Waals surface area (Å²) in [6, 6.07) is 2.69. The molecule has 0 unspecified atom stereocenters. The molecule has 1 N–H and O–H groups in total. The van der Waals surface area contributed by atoms with Crippen LogP contribution in [-0.4, -0.2) is 35.6 Å². The van der Waals surface area contributed by atoms with Crippen LogP contribution in [0.3, 0.4) is 0 Å². The number of nitrogens with zero attached hydrogens (tertiary/aromatic N) is 3. The van der Waals surface area contributed by atoms with E-state index < -0.39 is 0 Å². The van der Waals surface area contributed by atoms with Gasteiger partial charge in [0.05, 0.1) is 12.6 Å². The van der Waals surface area contributed by atoms with Crippen LogP contribution in [0, 0.1) is 11.3 Å². The second-order valence-electron chi connectivity index (χ2n) is 3.83. The summed E-state index contributed by atoms with van der Waals surface area (Å²) in [5.74, 6) is 0. The van der Waals surface area contributed by atoms with Crippen LogP contribution in [0.15, 0.2) is 9.98 Å². The maximum atomic E-state index is 8.60. The summed E-state index contributed by atoms with van der Waals surface area (Å²) in [7, 11) is 0. The largest absolute Gasteiger partial charge is 0.359 e. The predicted octanol–water partition coefficient (Wildman–Crippen LogP) is 2.31. The van der Waals surface area contributed by atoms with E-state index in [-0.39, 0.29) is 0 Å². The van der Waals surface area contributed by atoms with Crippen LogP contribution < -0.4 is 5.32 Å². The standard InChI is InChI=1S/C10H13BrN4S/c11-9-7-16-10(14-9)13-8-1-4-15(5-2-8)6-3-12/h7-8H,1-2,4-6H2,(H,13,14). The summed E-state index contributed by atoms with van der Waals surface area (Å²) in [6.07, 6.45) is 2.16. The lowest BCUT2D eigenvalue weighted by atomic mass is 10.1. The molecule has 1 aliphatic rings. The van der Waals surface area contributed by atoms with Crippen molar-refractivity contribution >= 4 is 32.4 Å². The summed E-state index contributed by atoms with van der Waals surface area (Å²) < 4.78 is 0.891. The lowest BCUT2D eigenvalue weighted by Gasteiger charge is -2.30. The zero-order valence-electron chi connectivity index (χ0n) is 8.82. The Morgan fingerprint density at radius 2 is 2.38 bits per heavy atom. The van der Waals surface area contributed by atoms with Crippen LogP contribution in [0.4, 0.5) is 5.13 Å². The molecule has 2 rings (SSSR count). The second kappa shape index (κ2) is 5.62. The van der Waals surface area contributed by atoms with E-state index in [1.165, 1.54) is 0 Å². The number of piperidine rings is 1. The first kappa shape index (κ1) is 11.8. The molecule has 0 spiro atoms. The molecule has 16 heavy (non-hydrogen) atoms. The van der Waals surface area contributed by atoms with Crippen LogP contribution in [-0.2, 0) is 0 Å². The minimum Gasteiger partial charge on any atom is -0.359 e. The van der Waals surface area contributed by atoms with Gasteiger partial charge in [0.15, 0.2) is 5.13 Å². The van der Waals surface area contributed by atoms with Gasteiger partial charge in [0.1, 0.15) is 4.60 Å². The Morgan fingerprint density at radius 3 is 2.94 bits per heavy atom. The highest BCUT2D eigenvalue weighted by molar-refractivity contribution is 9.10. The van der Waals surface area contributed by atoms with Crippen molar-refractivity contribution in [2.24, 2.45) is 0 Å². The van der Waals surface area contributed by atoms with Gasteiger partial charge in [0.25, 0.3) is 0 Å². The van der Waals surface area contributed by atoms with Crippen molar-refractivity contribution in [1.29, 1.82) is 5.26 Å². The van der Waals surface area contributed by atoms with Gasteiger partial charge in [0.2, 0.25) is 0 Å². The van der Waals surface area contributed by atoms with Crippen molar-refractivity contribution in [2.75, 3.05) is 25.0 Å². The first-order valence-electron chi connectivity index (χ1n) is 5.25. The third-order valence-electron chi connectivity index (χ3n) is 2.69. The SMILES string of the molecule is N#CCN1CCC(Nc2nc(Br)cs2)CC1. The topological polar surface area (TPSA) is 52.0 Å². The summed E-state index contributed by atoms with van der Waals surface area (Å²) >= 11 is 4.96. The molecule has 0 bridgehead atoms. The Morgan fingerprint density at radius 1 is 1.62 bits per heavy atom. The van der Waals surface area contributed by atoms with Gasteiger partial charge in [0, 0.05) is 24.5 Å². The van der Waals surface area contributed by atoms with Gasteiger partial charge in [-0.3, -0.25) is 4.90 Å². The van der Waals surface area contributed by atoms with Gasteiger partial charge < -0.3 is 5.32 Å². The lowest BCUT2D eigenvalue weighted by molar-refractivity contribution is 0.242. The molecule has 1 saturated heterocycles. The molecule has 4 nitrogen and oxygen atoms in total. The molecule has 0 radical (unpaired) electrons. The predicted molar refractivity (Wildman–Crippen MR) is 68.5 cm³/mol. The zero-order valence-corrected chi connectivity index (χ0v) is 11.2. The maximum absolute atomic E-state index is 8.60. The third-order valence-corrected chi connectivity index (χ3v) is 4.17. The number of likely N-dealkylation sites (tertiary alicyclic amines) is 1. The second-order valence-corrected chi connectivity index (χ2v) is 5.50. The monoisotopic (exact) mass is 300 g/mol. The van der Waals surface area contributed by atoms with Gasteiger partial charge in [-0.15, -0.1) is 11.3 Å². The average molecular weight is 301 g/mol. The summed E-state index contributed by atoms with van der Waals surface area (Å²) in [5, 5.41) is 15.0. The molecule has 2 heterocycles. The van der Waals surface area contributed by atoms with Crippen LogP contribution in [0.2, 0.25) is 0 Å². The average Bonchev–Trinajstić information content (AvgIpc) is 2.67. The highest BCUT2D eigenvalue weighted by Crippen LogP contribution is 2.22. The quantitative estimate of drug-likeness (QED) is 0.871. The molecule has 0 saturated carbocycles. The molecular weight excluding hydrogens is 288 g/mol. The Bertz CT molecular complexity index is 378. The number of rotatable bonds is 3. The number of nitriles is 1. The molecular formula is C10H13BrN4S. The molecule has 0 amide bonds. The van der Waals surface area contributed by atoms with Crippen LogP contribution in [0.5, 0.6) is 0 Å². The van der Waals surface area contributed by atoms with E-state index in [2.05, 4.69) is 37.2 Å². The molecule has 0 aliphatic carbocycles. The van der Waals surface area contributed by atoms with Crippen LogP contribution in [0.1, 0.15) is 12.8 Å². The Labute approximate surface area is 107 Å². The van der Waals surface area contributed by atoms with Crippen molar-refractivity contribution < 1.29 is 0 Å². The minimum absolute atomic E-state index is 0.494. The molecule has 1 aromatic rings. The van der Waals surface area contributed by atoms with E-state index in [9.17, 15) is 0 Å². The number of hydrogen-bond acceptors (Lipinski definition) is 5.